The molecule has 9 heteroatoms. The summed E-state index contributed by atoms with van der Waals surface area (Å²) in [5, 5.41) is 1.91. The SMILES string of the molecule is CCOC(=O)C1=C(C)N=c2s/c(=C3\C(=O)N(Cc4ccccc4)c4ccccc43)c(=O)n2[C@@H]1c1cccs1. The van der Waals surface area contributed by atoms with Gasteiger partial charge in [0.2, 0.25) is 0 Å². The van der Waals surface area contributed by atoms with E-state index < -0.39 is 12.0 Å². The summed E-state index contributed by atoms with van der Waals surface area (Å²) in [5.74, 6) is -0.726. The van der Waals surface area contributed by atoms with E-state index in [-0.39, 0.29) is 18.1 Å². The number of para-hydroxylation sites is 1. The van der Waals surface area contributed by atoms with Crippen LogP contribution in [0.5, 0.6) is 0 Å². The van der Waals surface area contributed by atoms with E-state index in [4.69, 9.17) is 4.74 Å². The first-order valence-corrected chi connectivity index (χ1v) is 13.9. The number of rotatable bonds is 5. The van der Waals surface area contributed by atoms with Crippen molar-refractivity contribution in [2.24, 2.45) is 4.99 Å². The maximum atomic E-state index is 14.1. The van der Waals surface area contributed by atoms with Gasteiger partial charge in [-0.3, -0.25) is 14.2 Å². The number of aromatic nitrogens is 1. The zero-order chi connectivity index (χ0) is 26.4. The molecule has 2 aliphatic heterocycles. The standard InChI is InChI=1S/C29H23N3O4S2/c1-3-36-28(35)22-17(2)30-29-32(24(22)21-14-9-15-37-21)27(34)25(38-29)23-19-12-7-8-13-20(19)31(26(23)33)16-18-10-5-4-6-11-18/h4-15,24H,3,16H2,1-2H3/b25-23-/t24-/m1/s1. The number of hydrogen-bond donors (Lipinski definition) is 0. The molecule has 0 aliphatic carbocycles. The molecular weight excluding hydrogens is 518 g/mol. The average molecular weight is 542 g/mol. The number of carbonyl (C=O) groups is 2. The van der Waals surface area contributed by atoms with Crippen LogP contribution in [-0.4, -0.2) is 23.1 Å². The van der Waals surface area contributed by atoms with E-state index >= 15 is 0 Å². The van der Waals surface area contributed by atoms with Gasteiger partial charge >= 0.3 is 5.97 Å². The Kier molecular flexibility index (Phi) is 6.17. The summed E-state index contributed by atoms with van der Waals surface area (Å²) < 4.78 is 7.20. The van der Waals surface area contributed by atoms with Crippen molar-refractivity contribution in [3.8, 4) is 0 Å². The average Bonchev–Trinajstić information content (AvgIpc) is 3.62. The van der Waals surface area contributed by atoms with Gasteiger partial charge in [0.25, 0.3) is 11.5 Å². The summed E-state index contributed by atoms with van der Waals surface area (Å²) in [4.78, 5) is 48.7. The minimum absolute atomic E-state index is 0.212. The van der Waals surface area contributed by atoms with Crippen molar-refractivity contribution >= 4 is 45.8 Å². The van der Waals surface area contributed by atoms with E-state index in [1.54, 1.807) is 18.7 Å². The molecule has 0 saturated heterocycles. The van der Waals surface area contributed by atoms with Crippen molar-refractivity contribution in [2.45, 2.75) is 26.4 Å². The third kappa shape index (κ3) is 3.86. The molecule has 2 aromatic carbocycles. The molecular formula is C29H23N3O4S2. The Labute approximate surface area is 226 Å². The van der Waals surface area contributed by atoms with E-state index in [0.717, 1.165) is 16.1 Å². The van der Waals surface area contributed by atoms with Crippen molar-refractivity contribution in [3.05, 3.63) is 119 Å². The van der Waals surface area contributed by atoms with Gasteiger partial charge in [0.05, 0.1) is 35.7 Å². The van der Waals surface area contributed by atoms with Crippen molar-refractivity contribution in [2.75, 3.05) is 11.5 Å². The molecule has 38 heavy (non-hydrogen) atoms. The molecule has 1 atom stereocenters. The Morgan fingerprint density at radius 1 is 1.03 bits per heavy atom. The molecule has 1 amide bonds. The van der Waals surface area contributed by atoms with Crippen LogP contribution in [0.2, 0.25) is 0 Å². The first-order valence-electron chi connectivity index (χ1n) is 12.2. The number of ether oxygens (including phenoxy) is 1. The quantitative estimate of drug-likeness (QED) is 0.360. The highest BCUT2D eigenvalue weighted by atomic mass is 32.1. The third-order valence-electron chi connectivity index (χ3n) is 6.64. The molecule has 0 radical (unpaired) electrons. The first kappa shape index (κ1) is 24.3. The lowest BCUT2D eigenvalue weighted by molar-refractivity contribution is -0.139. The van der Waals surface area contributed by atoms with Crippen LogP contribution < -0.4 is 19.8 Å². The summed E-state index contributed by atoms with van der Waals surface area (Å²) in [5.41, 5.74) is 3.33. The van der Waals surface area contributed by atoms with Gasteiger partial charge in [0, 0.05) is 10.4 Å². The summed E-state index contributed by atoms with van der Waals surface area (Å²) in [6.45, 7) is 4.10. The topological polar surface area (TPSA) is 81.0 Å². The summed E-state index contributed by atoms with van der Waals surface area (Å²) >= 11 is 2.64. The van der Waals surface area contributed by atoms with Crippen molar-refractivity contribution < 1.29 is 14.3 Å². The minimum Gasteiger partial charge on any atom is -0.463 e. The summed E-state index contributed by atoms with van der Waals surface area (Å²) in [7, 11) is 0. The molecule has 0 unspecified atom stereocenters. The van der Waals surface area contributed by atoms with Crippen molar-refractivity contribution in [3.63, 3.8) is 0 Å². The highest BCUT2D eigenvalue weighted by molar-refractivity contribution is 7.10. The number of esters is 1. The largest absolute Gasteiger partial charge is 0.463 e. The molecule has 190 valence electrons. The van der Waals surface area contributed by atoms with E-state index in [1.165, 1.54) is 27.2 Å². The number of amides is 1. The van der Waals surface area contributed by atoms with E-state index in [2.05, 4.69) is 4.99 Å². The Hall–Kier alpha value is -4.08. The Morgan fingerprint density at radius 3 is 2.53 bits per heavy atom. The number of nitrogens with zero attached hydrogens (tertiary/aromatic N) is 3. The second-order valence-corrected chi connectivity index (χ2v) is 10.9. The van der Waals surface area contributed by atoms with Crippen molar-refractivity contribution in [1.29, 1.82) is 0 Å². The summed E-state index contributed by atoms with van der Waals surface area (Å²) in [6.07, 6.45) is 0. The van der Waals surface area contributed by atoms with Crippen LogP contribution in [0.3, 0.4) is 0 Å². The molecule has 4 heterocycles. The van der Waals surface area contributed by atoms with Gasteiger partial charge < -0.3 is 9.64 Å². The maximum Gasteiger partial charge on any atom is 0.338 e. The number of allylic oxidation sites excluding steroid dienone is 1. The van der Waals surface area contributed by atoms with E-state index in [9.17, 15) is 14.4 Å². The normalized spacial score (nSPS) is 17.8. The lowest BCUT2D eigenvalue weighted by Crippen LogP contribution is -2.40. The van der Waals surface area contributed by atoms with Crippen LogP contribution in [-0.2, 0) is 20.9 Å². The fourth-order valence-corrected chi connectivity index (χ4v) is 6.94. The van der Waals surface area contributed by atoms with Gasteiger partial charge in [0.1, 0.15) is 10.6 Å². The van der Waals surface area contributed by atoms with Crippen LogP contribution >= 0.6 is 22.7 Å². The lowest BCUT2D eigenvalue weighted by Gasteiger charge is -2.23. The number of thiophene rings is 1. The fourth-order valence-electron chi connectivity index (χ4n) is 4.98. The molecule has 0 spiro atoms. The first-order chi connectivity index (χ1) is 18.5. The maximum absolute atomic E-state index is 14.1. The molecule has 0 bridgehead atoms. The van der Waals surface area contributed by atoms with Crippen LogP contribution in [0, 0.1) is 0 Å². The highest BCUT2D eigenvalue weighted by Crippen LogP contribution is 2.37. The molecule has 2 aliphatic rings. The van der Waals surface area contributed by atoms with E-state index in [0.29, 0.717) is 38.3 Å². The van der Waals surface area contributed by atoms with Gasteiger partial charge in [-0.2, -0.15) is 0 Å². The molecule has 2 aromatic heterocycles. The number of benzene rings is 2. The fraction of sp³-hybridized carbons (Fsp3) is 0.172. The van der Waals surface area contributed by atoms with Gasteiger partial charge in [-0.05, 0) is 36.9 Å². The predicted molar refractivity (Wildman–Crippen MR) is 148 cm³/mol. The molecule has 0 N–H and O–H groups in total. The Morgan fingerprint density at radius 2 is 1.79 bits per heavy atom. The number of hydrogen-bond acceptors (Lipinski definition) is 7. The number of fused-ring (bicyclic) bond motifs is 2. The Balaban J connectivity index is 1.57. The van der Waals surface area contributed by atoms with Crippen molar-refractivity contribution in [1.82, 2.24) is 4.57 Å². The van der Waals surface area contributed by atoms with E-state index in [1.807, 2.05) is 72.1 Å². The second-order valence-electron chi connectivity index (χ2n) is 8.91. The van der Waals surface area contributed by atoms with Crippen LogP contribution in [0.15, 0.2) is 93.2 Å². The zero-order valence-corrected chi connectivity index (χ0v) is 22.3. The van der Waals surface area contributed by atoms with Gasteiger partial charge in [-0.1, -0.05) is 65.9 Å². The number of anilines is 1. The monoisotopic (exact) mass is 541 g/mol. The molecule has 0 saturated carbocycles. The highest BCUT2D eigenvalue weighted by Gasteiger charge is 2.37. The van der Waals surface area contributed by atoms with Crippen LogP contribution in [0.4, 0.5) is 5.69 Å². The molecule has 0 fully saturated rings. The van der Waals surface area contributed by atoms with Crippen LogP contribution in [0.1, 0.15) is 35.9 Å². The summed E-state index contributed by atoms with van der Waals surface area (Å²) in [6, 6.07) is 20.4. The predicted octanol–water partition coefficient (Wildman–Crippen LogP) is 3.78. The second kappa shape index (κ2) is 9.66. The smallest absolute Gasteiger partial charge is 0.338 e. The third-order valence-corrected chi connectivity index (χ3v) is 8.62. The molecule has 4 aromatic rings. The molecule has 6 rings (SSSR count). The number of carbonyl (C=O) groups excluding carboxylic acids is 2. The Bertz CT molecular complexity index is 1780. The van der Waals surface area contributed by atoms with Crippen LogP contribution in [0.25, 0.3) is 5.57 Å². The molecule has 7 nitrogen and oxygen atoms in total. The lowest BCUT2D eigenvalue weighted by atomic mass is 10.0. The minimum atomic E-state index is -0.674. The van der Waals surface area contributed by atoms with Gasteiger partial charge in [-0.25, -0.2) is 9.79 Å². The van der Waals surface area contributed by atoms with Gasteiger partial charge in [0.15, 0.2) is 4.80 Å². The number of thiazole rings is 1. The van der Waals surface area contributed by atoms with Gasteiger partial charge in [-0.15, -0.1) is 11.3 Å². The zero-order valence-electron chi connectivity index (χ0n) is 20.7.